The van der Waals surface area contributed by atoms with Crippen LogP contribution in [0.4, 0.5) is 0 Å². The fraction of sp³-hybridized carbons (Fsp3) is 0.286. The van der Waals surface area contributed by atoms with Gasteiger partial charge in [-0.15, -0.1) is 0 Å². The Bertz CT molecular complexity index is 892. The van der Waals surface area contributed by atoms with Crippen molar-refractivity contribution >= 4 is 17.8 Å². The van der Waals surface area contributed by atoms with Crippen LogP contribution in [-0.2, 0) is 4.84 Å². The van der Waals surface area contributed by atoms with E-state index >= 15 is 0 Å². The van der Waals surface area contributed by atoms with Crippen molar-refractivity contribution in [1.82, 2.24) is 5.06 Å². The van der Waals surface area contributed by atoms with E-state index in [2.05, 4.69) is 0 Å². The molecule has 0 bridgehead atoms. The fourth-order valence-electron chi connectivity index (χ4n) is 2.89. The Labute approximate surface area is 167 Å². The van der Waals surface area contributed by atoms with Gasteiger partial charge in [0, 0.05) is 0 Å². The van der Waals surface area contributed by atoms with Crippen LogP contribution in [0.25, 0.3) is 0 Å². The second-order valence-corrected chi connectivity index (χ2v) is 5.93. The monoisotopic (exact) mass is 399 g/mol. The van der Waals surface area contributed by atoms with Crippen molar-refractivity contribution in [3.63, 3.8) is 0 Å². The lowest BCUT2D eigenvalue weighted by Crippen LogP contribution is -2.32. The summed E-state index contributed by atoms with van der Waals surface area (Å²) >= 11 is 0. The molecule has 0 unspecified atom stereocenters. The Hall–Kier alpha value is -3.55. The third kappa shape index (κ3) is 3.87. The minimum atomic E-state index is -0.899. The molecule has 0 N–H and O–H groups in total. The first kappa shape index (κ1) is 20.2. The lowest BCUT2D eigenvalue weighted by molar-refractivity contribution is -0.0584. The number of fused-ring (bicyclic) bond motifs is 1. The molecule has 0 aromatic heterocycles. The zero-order chi connectivity index (χ0) is 21.0. The molecule has 0 radical (unpaired) electrons. The lowest BCUT2D eigenvalue weighted by atomic mass is 10.1. The van der Waals surface area contributed by atoms with E-state index in [1.807, 2.05) is 6.92 Å². The summed E-state index contributed by atoms with van der Waals surface area (Å²) in [6.07, 6.45) is 0. The molecule has 2 aromatic carbocycles. The van der Waals surface area contributed by atoms with Crippen LogP contribution < -0.4 is 14.2 Å². The number of carbonyl (C=O) groups is 3. The Morgan fingerprint density at radius 2 is 1.31 bits per heavy atom. The number of hydrogen-bond acceptors (Lipinski definition) is 7. The number of carbonyl (C=O) groups excluding carboxylic acids is 3. The number of hydrogen-bond donors (Lipinski definition) is 0. The Kier molecular flexibility index (Phi) is 6.01. The topological polar surface area (TPSA) is 91.4 Å². The van der Waals surface area contributed by atoms with E-state index in [4.69, 9.17) is 19.0 Å². The number of amides is 2. The SMILES string of the molecule is CCOc1cc(C(=O)ON2C(=O)c3ccccc3C2=O)cc(OCC)c1OCC. The first-order chi connectivity index (χ1) is 14.0. The van der Waals surface area contributed by atoms with Crippen molar-refractivity contribution in [3.05, 3.63) is 53.1 Å². The average molecular weight is 399 g/mol. The number of nitrogens with zero attached hydrogens (tertiary/aromatic N) is 1. The summed E-state index contributed by atoms with van der Waals surface area (Å²) in [5.74, 6) is -1.32. The highest BCUT2D eigenvalue weighted by Gasteiger charge is 2.39. The maximum absolute atomic E-state index is 12.7. The molecule has 2 amide bonds. The molecule has 29 heavy (non-hydrogen) atoms. The molecule has 0 saturated heterocycles. The van der Waals surface area contributed by atoms with Gasteiger partial charge >= 0.3 is 5.97 Å². The number of imide groups is 1. The molecule has 0 atom stereocenters. The number of hydroxylamine groups is 2. The summed E-state index contributed by atoms with van der Waals surface area (Å²) in [6, 6.07) is 9.12. The third-order valence-corrected chi connectivity index (χ3v) is 4.08. The van der Waals surface area contributed by atoms with Gasteiger partial charge in [0.1, 0.15) is 0 Å². The van der Waals surface area contributed by atoms with Gasteiger partial charge in [0.15, 0.2) is 11.5 Å². The van der Waals surface area contributed by atoms with Crippen molar-refractivity contribution in [2.24, 2.45) is 0 Å². The molecule has 3 rings (SSSR count). The van der Waals surface area contributed by atoms with Gasteiger partial charge in [0.25, 0.3) is 11.8 Å². The van der Waals surface area contributed by atoms with E-state index in [-0.39, 0.29) is 16.7 Å². The molecule has 0 saturated carbocycles. The summed E-state index contributed by atoms with van der Waals surface area (Å²) in [5, 5.41) is 0.462. The molecule has 1 heterocycles. The van der Waals surface area contributed by atoms with E-state index in [0.717, 1.165) is 0 Å². The molecular formula is C21H21NO7. The second-order valence-electron chi connectivity index (χ2n) is 5.93. The molecule has 0 spiro atoms. The minimum absolute atomic E-state index is 0.0527. The smallest absolute Gasteiger partial charge is 0.364 e. The van der Waals surface area contributed by atoms with Gasteiger partial charge in [-0.25, -0.2) is 4.79 Å². The molecule has 8 heteroatoms. The van der Waals surface area contributed by atoms with Crippen LogP contribution in [-0.4, -0.2) is 42.7 Å². The highest BCUT2D eigenvalue weighted by Crippen LogP contribution is 2.39. The Balaban J connectivity index is 1.91. The zero-order valence-corrected chi connectivity index (χ0v) is 16.4. The Morgan fingerprint density at radius 1 is 0.828 bits per heavy atom. The molecule has 0 fully saturated rings. The molecule has 1 aliphatic heterocycles. The van der Waals surface area contributed by atoms with Gasteiger partial charge in [-0.05, 0) is 45.0 Å². The predicted octanol–water partition coefficient (Wildman–Crippen LogP) is 3.25. The molecule has 8 nitrogen and oxygen atoms in total. The highest BCUT2D eigenvalue weighted by atomic mass is 16.7. The van der Waals surface area contributed by atoms with E-state index in [9.17, 15) is 14.4 Å². The van der Waals surface area contributed by atoms with E-state index < -0.39 is 17.8 Å². The van der Waals surface area contributed by atoms with Gasteiger partial charge in [0.2, 0.25) is 5.75 Å². The van der Waals surface area contributed by atoms with Crippen molar-refractivity contribution in [1.29, 1.82) is 0 Å². The van der Waals surface area contributed by atoms with Gasteiger partial charge < -0.3 is 19.0 Å². The first-order valence-electron chi connectivity index (χ1n) is 9.28. The number of benzene rings is 2. The van der Waals surface area contributed by atoms with Crippen molar-refractivity contribution < 1.29 is 33.4 Å². The summed E-state index contributed by atoms with van der Waals surface area (Å²) in [5.41, 5.74) is 0.418. The lowest BCUT2D eigenvalue weighted by Gasteiger charge is -2.17. The highest BCUT2D eigenvalue weighted by molar-refractivity contribution is 6.21. The van der Waals surface area contributed by atoms with Gasteiger partial charge in [-0.3, -0.25) is 9.59 Å². The normalized spacial score (nSPS) is 12.6. The van der Waals surface area contributed by atoms with Gasteiger partial charge in [-0.1, -0.05) is 17.2 Å². The van der Waals surface area contributed by atoms with E-state index in [1.54, 1.807) is 26.0 Å². The maximum Gasteiger partial charge on any atom is 0.364 e. The predicted molar refractivity (Wildman–Crippen MR) is 102 cm³/mol. The molecule has 2 aromatic rings. The van der Waals surface area contributed by atoms with Gasteiger partial charge in [0.05, 0.1) is 36.5 Å². The quantitative estimate of drug-likeness (QED) is 0.629. The molecular weight excluding hydrogens is 378 g/mol. The van der Waals surface area contributed by atoms with Gasteiger partial charge in [-0.2, -0.15) is 0 Å². The zero-order valence-electron chi connectivity index (χ0n) is 16.4. The molecule has 1 aliphatic rings. The largest absolute Gasteiger partial charge is 0.490 e. The van der Waals surface area contributed by atoms with Crippen LogP contribution in [0.1, 0.15) is 51.8 Å². The van der Waals surface area contributed by atoms with Crippen LogP contribution in [0.5, 0.6) is 17.2 Å². The van der Waals surface area contributed by atoms with Crippen LogP contribution in [0, 0.1) is 0 Å². The summed E-state index contributed by atoms with van der Waals surface area (Å²) in [4.78, 5) is 42.6. The number of ether oxygens (including phenoxy) is 3. The number of rotatable bonds is 8. The first-order valence-corrected chi connectivity index (χ1v) is 9.28. The van der Waals surface area contributed by atoms with E-state index in [0.29, 0.717) is 42.1 Å². The van der Waals surface area contributed by atoms with Crippen LogP contribution in [0.3, 0.4) is 0 Å². The second kappa shape index (κ2) is 8.64. The van der Waals surface area contributed by atoms with Crippen LogP contribution in [0.2, 0.25) is 0 Å². The van der Waals surface area contributed by atoms with E-state index in [1.165, 1.54) is 24.3 Å². The van der Waals surface area contributed by atoms with Crippen molar-refractivity contribution in [2.75, 3.05) is 19.8 Å². The van der Waals surface area contributed by atoms with Crippen molar-refractivity contribution in [2.45, 2.75) is 20.8 Å². The Morgan fingerprint density at radius 3 is 1.76 bits per heavy atom. The summed E-state index contributed by atoms with van der Waals surface area (Å²) in [7, 11) is 0. The minimum Gasteiger partial charge on any atom is -0.490 e. The molecule has 152 valence electrons. The summed E-state index contributed by atoms with van der Waals surface area (Å²) < 4.78 is 16.7. The van der Waals surface area contributed by atoms with Crippen molar-refractivity contribution in [3.8, 4) is 17.2 Å². The maximum atomic E-state index is 12.7. The standard InChI is InChI=1S/C21H21NO7/c1-4-26-16-11-13(12-17(27-5-2)18(16)28-6-3)21(25)29-22-19(23)14-9-7-8-10-15(14)20(22)24/h7-12H,4-6H2,1-3H3. The third-order valence-electron chi connectivity index (χ3n) is 4.08. The van der Waals surface area contributed by atoms with Crippen LogP contribution in [0.15, 0.2) is 36.4 Å². The summed E-state index contributed by atoms with van der Waals surface area (Å²) in [6.45, 7) is 6.44. The molecule has 0 aliphatic carbocycles. The average Bonchev–Trinajstić information content (AvgIpc) is 2.95. The van der Waals surface area contributed by atoms with Crippen LogP contribution >= 0.6 is 0 Å². The fourth-order valence-corrected chi connectivity index (χ4v) is 2.89.